The maximum Gasteiger partial charge on any atom is 0.387 e. The number of anilines is 2. The topological polar surface area (TPSA) is 70.7 Å². The van der Waals surface area contributed by atoms with E-state index in [4.69, 9.17) is 0 Å². The predicted octanol–water partition coefficient (Wildman–Crippen LogP) is 3.51. The Morgan fingerprint density at radius 1 is 1.07 bits per heavy atom. The number of nitrogens with zero attached hydrogens (tertiary/aromatic N) is 1. The van der Waals surface area contributed by atoms with Crippen molar-refractivity contribution in [2.24, 2.45) is 0 Å². The predicted molar refractivity (Wildman–Crippen MR) is 109 cm³/mol. The molecule has 0 radical (unpaired) electrons. The van der Waals surface area contributed by atoms with Gasteiger partial charge in [0.15, 0.2) is 0 Å². The van der Waals surface area contributed by atoms with Gasteiger partial charge in [0.2, 0.25) is 0 Å². The summed E-state index contributed by atoms with van der Waals surface area (Å²) in [6, 6.07) is 9.29. The second kappa shape index (κ2) is 8.96. The second-order valence-electron chi connectivity index (χ2n) is 7.00. The molecule has 2 aromatic rings. The summed E-state index contributed by atoms with van der Waals surface area (Å²) in [7, 11) is -3.89. The highest BCUT2D eigenvalue weighted by Crippen LogP contribution is 2.28. The Morgan fingerprint density at radius 2 is 1.83 bits per heavy atom. The van der Waals surface area contributed by atoms with E-state index in [1.807, 2.05) is 6.92 Å². The van der Waals surface area contributed by atoms with Gasteiger partial charge in [0.05, 0.1) is 10.6 Å². The van der Waals surface area contributed by atoms with Crippen LogP contribution in [0.2, 0.25) is 0 Å². The largest absolute Gasteiger partial charge is 0.434 e. The van der Waals surface area contributed by atoms with Crippen molar-refractivity contribution in [2.75, 3.05) is 35.8 Å². The van der Waals surface area contributed by atoms with Gasteiger partial charge in [0.1, 0.15) is 5.75 Å². The quantitative estimate of drug-likeness (QED) is 0.741. The van der Waals surface area contributed by atoms with E-state index in [-0.39, 0.29) is 16.3 Å². The van der Waals surface area contributed by atoms with Crippen molar-refractivity contribution in [2.45, 2.75) is 31.8 Å². The molecule has 1 heterocycles. The third-order valence-electron chi connectivity index (χ3n) is 4.83. The zero-order valence-electron chi connectivity index (χ0n) is 16.4. The Balaban J connectivity index is 1.87. The fourth-order valence-electron chi connectivity index (χ4n) is 3.28. The summed E-state index contributed by atoms with van der Waals surface area (Å²) >= 11 is 0. The monoisotopic (exact) mass is 425 g/mol. The first-order chi connectivity index (χ1) is 13.8. The number of hydrogen-bond donors (Lipinski definition) is 2. The normalized spacial score (nSPS) is 15.3. The molecule has 0 atom stereocenters. The van der Waals surface area contributed by atoms with Crippen LogP contribution in [0.25, 0.3) is 0 Å². The molecule has 1 fully saturated rings. The Hall–Kier alpha value is -2.39. The van der Waals surface area contributed by atoms with Crippen LogP contribution in [0.15, 0.2) is 41.3 Å². The van der Waals surface area contributed by atoms with Gasteiger partial charge in [-0.15, -0.1) is 0 Å². The molecule has 0 amide bonds. The number of halogens is 2. The van der Waals surface area contributed by atoms with Gasteiger partial charge in [-0.2, -0.15) is 8.78 Å². The van der Waals surface area contributed by atoms with E-state index >= 15 is 0 Å². The van der Waals surface area contributed by atoms with Gasteiger partial charge >= 0.3 is 6.61 Å². The van der Waals surface area contributed by atoms with Gasteiger partial charge in [-0.25, -0.2) is 8.42 Å². The molecule has 1 saturated heterocycles. The van der Waals surface area contributed by atoms with E-state index in [1.165, 1.54) is 18.2 Å². The first-order valence-electron chi connectivity index (χ1n) is 9.41. The van der Waals surface area contributed by atoms with Crippen LogP contribution in [0.4, 0.5) is 20.2 Å². The zero-order valence-corrected chi connectivity index (χ0v) is 17.2. The van der Waals surface area contributed by atoms with E-state index in [0.29, 0.717) is 5.56 Å². The molecule has 2 N–H and O–H groups in total. The van der Waals surface area contributed by atoms with E-state index in [0.717, 1.165) is 43.9 Å². The van der Waals surface area contributed by atoms with Crippen molar-refractivity contribution in [3.05, 3.63) is 47.5 Å². The van der Waals surface area contributed by atoms with Crippen molar-refractivity contribution in [1.82, 2.24) is 5.32 Å². The van der Waals surface area contributed by atoms with Crippen molar-refractivity contribution in [1.29, 1.82) is 0 Å². The SMILES string of the molecule is Cc1ccc(NS(=O)(=O)c2ccc(C)c(N3CCCNCC3)c2)cc1OC(F)F. The molecule has 2 aromatic carbocycles. The molecule has 0 aliphatic carbocycles. The minimum Gasteiger partial charge on any atom is -0.434 e. The number of rotatable bonds is 6. The lowest BCUT2D eigenvalue weighted by Crippen LogP contribution is -2.28. The van der Waals surface area contributed by atoms with Crippen LogP contribution in [-0.2, 0) is 10.0 Å². The summed E-state index contributed by atoms with van der Waals surface area (Å²) in [5.74, 6) is -0.0677. The molecule has 0 unspecified atom stereocenters. The lowest BCUT2D eigenvalue weighted by Gasteiger charge is -2.25. The summed E-state index contributed by atoms with van der Waals surface area (Å²) in [6.07, 6.45) is 0.977. The molecule has 0 aromatic heterocycles. The summed E-state index contributed by atoms with van der Waals surface area (Å²) in [6.45, 7) is 3.99. The summed E-state index contributed by atoms with van der Waals surface area (Å²) in [5, 5.41) is 3.33. The Kier molecular flexibility index (Phi) is 6.59. The van der Waals surface area contributed by atoms with Crippen LogP contribution < -0.4 is 19.7 Å². The third-order valence-corrected chi connectivity index (χ3v) is 6.21. The highest BCUT2D eigenvalue weighted by atomic mass is 32.2. The number of hydrogen-bond acceptors (Lipinski definition) is 5. The molecule has 29 heavy (non-hydrogen) atoms. The molecule has 6 nitrogen and oxygen atoms in total. The zero-order chi connectivity index (χ0) is 21.0. The van der Waals surface area contributed by atoms with Gasteiger partial charge in [0.25, 0.3) is 10.0 Å². The maximum atomic E-state index is 12.9. The smallest absolute Gasteiger partial charge is 0.387 e. The number of nitrogens with one attached hydrogen (secondary N) is 2. The van der Waals surface area contributed by atoms with Crippen LogP contribution in [0, 0.1) is 13.8 Å². The fourth-order valence-corrected chi connectivity index (χ4v) is 4.35. The van der Waals surface area contributed by atoms with E-state index in [1.54, 1.807) is 25.1 Å². The summed E-state index contributed by atoms with van der Waals surface area (Å²) in [4.78, 5) is 2.29. The van der Waals surface area contributed by atoms with Crippen molar-refractivity contribution >= 4 is 21.4 Å². The number of alkyl halides is 2. The third kappa shape index (κ3) is 5.36. The Labute approximate surface area is 169 Å². The highest BCUT2D eigenvalue weighted by molar-refractivity contribution is 7.92. The molecular weight excluding hydrogens is 400 g/mol. The molecular formula is C20H25F2N3O3S. The Bertz CT molecular complexity index is 959. The average molecular weight is 426 g/mol. The number of aryl methyl sites for hydroxylation is 2. The lowest BCUT2D eigenvalue weighted by molar-refractivity contribution is -0.0502. The van der Waals surface area contributed by atoms with Crippen LogP contribution in [0.3, 0.4) is 0 Å². The molecule has 1 aliphatic rings. The van der Waals surface area contributed by atoms with E-state index in [2.05, 4.69) is 19.7 Å². The molecule has 0 saturated carbocycles. The first kappa shape index (κ1) is 21.3. The van der Waals surface area contributed by atoms with Gasteiger partial charge in [0, 0.05) is 31.4 Å². The molecule has 0 spiro atoms. The van der Waals surface area contributed by atoms with Crippen LogP contribution in [0.1, 0.15) is 17.5 Å². The number of sulfonamides is 1. The van der Waals surface area contributed by atoms with Crippen LogP contribution in [0.5, 0.6) is 5.75 Å². The maximum absolute atomic E-state index is 12.9. The van der Waals surface area contributed by atoms with Crippen molar-refractivity contribution < 1.29 is 21.9 Å². The van der Waals surface area contributed by atoms with Gasteiger partial charge in [-0.3, -0.25) is 4.72 Å². The Morgan fingerprint density at radius 3 is 2.59 bits per heavy atom. The molecule has 1 aliphatic heterocycles. The van der Waals surface area contributed by atoms with Gasteiger partial charge in [-0.05, 0) is 56.1 Å². The van der Waals surface area contributed by atoms with Gasteiger partial charge in [-0.1, -0.05) is 12.1 Å². The number of benzene rings is 2. The summed E-state index contributed by atoms with van der Waals surface area (Å²) < 4.78 is 57.8. The molecule has 3 rings (SSSR count). The minimum atomic E-state index is -3.89. The van der Waals surface area contributed by atoms with Crippen LogP contribution in [-0.4, -0.2) is 41.2 Å². The lowest BCUT2D eigenvalue weighted by atomic mass is 10.1. The van der Waals surface area contributed by atoms with E-state index in [9.17, 15) is 17.2 Å². The van der Waals surface area contributed by atoms with Gasteiger partial charge < -0.3 is 15.0 Å². The minimum absolute atomic E-state index is 0.0677. The molecule has 0 bridgehead atoms. The average Bonchev–Trinajstić information content (AvgIpc) is 2.93. The first-order valence-corrected chi connectivity index (χ1v) is 10.9. The standard InChI is InChI=1S/C20H25F2N3O3S/c1-14-5-7-17(13-18(14)25-10-3-8-23-9-11-25)29(26,27)24-16-6-4-15(2)19(12-16)28-20(21)22/h4-7,12-13,20,23-24H,3,8-11H2,1-2H3. The number of ether oxygens (including phenoxy) is 1. The second-order valence-corrected chi connectivity index (χ2v) is 8.69. The fraction of sp³-hybridized carbons (Fsp3) is 0.400. The molecule has 158 valence electrons. The van der Waals surface area contributed by atoms with E-state index < -0.39 is 16.6 Å². The molecule has 9 heteroatoms. The van der Waals surface area contributed by atoms with Crippen molar-refractivity contribution in [3.63, 3.8) is 0 Å². The van der Waals surface area contributed by atoms with Crippen molar-refractivity contribution in [3.8, 4) is 5.75 Å². The highest BCUT2D eigenvalue weighted by Gasteiger charge is 2.19. The van der Waals surface area contributed by atoms with Crippen LogP contribution >= 0.6 is 0 Å². The summed E-state index contributed by atoms with van der Waals surface area (Å²) in [5.41, 5.74) is 2.52.